The molecule has 2 rings (SSSR count). The van der Waals surface area contributed by atoms with Gasteiger partial charge in [0.15, 0.2) is 0 Å². The van der Waals surface area contributed by atoms with Gasteiger partial charge in [0, 0.05) is 27.2 Å². The topological polar surface area (TPSA) is 46.3 Å². The number of hydrogen-bond donors (Lipinski definition) is 1. The SMILES string of the molecule is CN(C(=O)c1cc(Br)ccc1Br)c1ccc(C(N)=S)cc1. The van der Waals surface area contributed by atoms with E-state index in [0.29, 0.717) is 10.6 Å². The maximum absolute atomic E-state index is 12.6. The van der Waals surface area contributed by atoms with Crippen LogP contribution in [-0.2, 0) is 0 Å². The molecule has 0 fully saturated rings. The van der Waals surface area contributed by atoms with E-state index in [0.717, 1.165) is 20.2 Å². The van der Waals surface area contributed by atoms with Crippen LogP contribution in [0.25, 0.3) is 0 Å². The van der Waals surface area contributed by atoms with Crippen molar-refractivity contribution < 1.29 is 4.79 Å². The van der Waals surface area contributed by atoms with Gasteiger partial charge in [-0.15, -0.1) is 0 Å². The number of carbonyl (C=O) groups excluding carboxylic acids is 1. The quantitative estimate of drug-likeness (QED) is 0.749. The molecule has 0 aliphatic carbocycles. The van der Waals surface area contributed by atoms with Crippen LogP contribution in [0.4, 0.5) is 5.69 Å². The first-order chi connectivity index (χ1) is 9.90. The van der Waals surface area contributed by atoms with E-state index >= 15 is 0 Å². The molecule has 0 aromatic heterocycles. The van der Waals surface area contributed by atoms with Gasteiger partial charge in [-0.1, -0.05) is 28.1 Å². The molecule has 3 nitrogen and oxygen atoms in total. The number of thiocarbonyl (C=S) groups is 1. The molecule has 0 bridgehead atoms. The van der Waals surface area contributed by atoms with Gasteiger partial charge in [0.25, 0.3) is 5.91 Å². The molecular weight excluding hydrogens is 416 g/mol. The summed E-state index contributed by atoms with van der Waals surface area (Å²) in [5.74, 6) is -0.105. The maximum atomic E-state index is 12.6. The molecule has 0 aliphatic rings. The van der Waals surface area contributed by atoms with Crippen molar-refractivity contribution in [2.75, 3.05) is 11.9 Å². The molecule has 0 spiro atoms. The molecule has 0 radical (unpaired) electrons. The molecule has 0 heterocycles. The lowest BCUT2D eigenvalue weighted by atomic mass is 10.1. The minimum atomic E-state index is -0.105. The normalized spacial score (nSPS) is 10.2. The minimum Gasteiger partial charge on any atom is -0.389 e. The van der Waals surface area contributed by atoms with E-state index in [9.17, 15) is 4.79 Å². The fourth-order valence-electron chi connectivity index (χ4n) is 1.81. The molecule has 2 aromatic rings. The molecule has 0 saturated carbocycles. The van der Waals surface area contributed by atoms with E-state index in [1.54, 1.807) is 30.1 Å². The average molecular weight is 428 g/mol. The van der Waals surface area contributed by atoms with Crippen molar-refractivity contribution in [3.8, 4) is 0 Å². The predicted molar refractivity (Wildman–Crippen MR) is 96.9 cm³/mol. The van der Waals surface area contributed by atoms with Crippen molar-refractivity contribution in [3.05, 3.63) is 62.5 Å². The number of carbonyl (C=O) groups is 1. The second-order valence-electron chi connectivity index (χ2n) is 4.40. The maximum Gasteiger partial charge on any atom is 0.259 e. The number of halogens is 2. The highest BCUT2D eigenvalue weighted by molar-refractivity contribution is 9.11. The van der Waals surface area contributed by atoms with Crippen LogP contribution in [0.3, 0.4) is 0 Å². The fraction of sp³-hybridized carbons (Fsp3) is 0.0667. The Balaban J connectivity index is 2.30. The molecule has 108 valence electrons. The van der Waals surface area contributed by atoms with Crippen LogP contribution < -0.4 is 10.6 Å². The molecule has 0 atom stereocenters. The van der Waals surface area contributed by atoms with Gasteiger partial charge < -0.3 is 10.6 Å². The third kappa shape index (κ3) is 3.70. The first-order valence-corrected chi connectivity index (χ1v) is 8.02. The Morgan fingerprint density at radius 2 is 1.76 bits per heavy atom. The Morgan fingerprint density at radius 1 is 1.14 bits per heavy atom. The van der Waals surface area contributed by atoms with Crippen molar-refractivity contribution in [2.24, 2.45) is 5.73 Å². The van der Waals surface area contributed by atoms with Crippen LogP contribution in [0.2, 0.25) is 0 Å². The highest BCUT2D eigenvalue weighted by atomic mass is 79.9. The molecule has 0 saturated heterocycles. The lowest BCUT2D eigenvalue weighted by molar-refractivity contribution is 0.0992. The van der Waals surface area contributed by atoms with E-state index in [1.165, 1.54) is 0 Å². The molecule has 2 N–H and O–H groups in total. The van der Waals surface area contributed by atoms with Crippen LogP contribution in [0.1, 0.15) is 15.9 Å². The van der Waals surface area contributed by atoms with Gasteiger partial charge in [-0.05, 0) is 58.4 Å². The highest BCUT2D eigenvalue weighted by Crippen LogP contribution is 2.24. The standard InChI is InChI=1S/C15H12Br2N2OS/c1-19(11-5-2-9(3-6-11)14(18)21)15(20)12-8-10(16)4-7-13(12)17/h2-8H,1H3,(H2,18,21). The van der Waals surface area contributed by atoms with E-state index in [1.807, 2.05) is 24.3 Å². The van der Waals surface area contributed by atoms with E-state index in [2.05, 4.69) is 31.9 Å². The summed E-state index contributed by atoms with van der Waals surface area (Å²) >= 11 is 11.7. The fourth-order valence-corrected chi connectivity index (χ4v) is 2.72. The van der Waals surface area contributed by atoms with Crippen LogP contribution >= 0.6 is 44.1 Å². The Labute approximate surface area is 145 Å². The summed E-state index contributed by atoms with van der Waals surface area (Å²) in [6, 6.07) is 12.7. The van der Waals surface area contributed by atoms with Crippen LogP contribution in [0.15, 0.2) is 51.4 Å². The molecule has 21 heavy (non-hydrogen) atoms. The summed E-state index contributed by atoms with van der Waals surface area (Å²) in [5.41, 5.74) is 7.70. The third-order valence-electron chi connectivity index (χ3n) is 3.00. The van der Waals surface area contributed by atoms with Gasteiger partial charge in [-0.2, -0.15) is 0 Å². The first-order valence-electron chi connectivity index (χ1n) is 6.03. The van der Waals surface area contributed by atoms with Gasteiger partial charge in [0.2, 0.25) is 0 Å². The molecular formula is C15H12Br2N2OS. The van der Waals surface area contributed by atoms with Crippen LogP contribution in [-0.4, -0.2) is 17.9 Å². The number of amides is 1. The summed E-state index contributed by atoms with van der Waals surface area (Å²) in [6.07, 6.45) is 0. The van der Waals surface area contributed by atoms with E-state index < -0.39 is 0 Å². The van der Waals surface area contributed by atoms with Crippen molar-refractivity contribution in [1.82, 2.24) is 0 Å². The summed E-state index contributed by atoms with van der Waals surface area (Å²) in [5, 5.41) is 0. The van der Waals surface area contributed by atoms with Crippen molar-refractivity contribution in [1.29, 1.82) is 0 Å². The van der Waals surface area contributed by atoms with Gasteiger partial charge in [-0.3, -0.25) is 4.79 Å². The predicted octanol–water partition coefficient (Wildman–Crippen LogP) is 4.12. The lowest BCUT2D eigenvalue weighted by Gasteiger charge is -2.18. The molecule has 0 unspecified atom stereocenters. The third-order valence-corrected chi connectivity index (χ3v) is 4.42. The molecule has 1 amide bonds. The second kappa shape index (κ2) is 6.68. The van der Waals surface area contributed by atoms with E-state index in [-0.39, 0.29) is 5.91 Å². The summed E-state index contributed by atoms with van der Waals surface area (Å²) in [6.45, 7) is 0. The molecule has 2 aromatic carbocycles. The van der Waals surface area contributed by atoms with E-state index in [4.69, 9.17) is 18.0 Å². The number of rotatable bonds is 3. The summed E-state index contributed by atoms with van der Waals surface area (Å²) in [4.78, 5) is 14.5. The van der Waals surface area contributed by atoms with Crippen molar-refractivity contribution >= 4 is 60.7 Å². The Morgan fingerprint density at radius 3 is 2.33 bits per heavy atom. The molecule has 6 heteroatoms. The Bertz CT molecular complexity index is 701. The van der Waals surface area contributed by atoms with Gasteiger partial charge in [0.1, 0.15) is 4.99 Å². The van der Waals surface area contributed by atoms with Crippen molar-refractivity contribution in [2.45, 2.75) is 0 Å². The van der Waals surface area contributed by atoms with Crippen LogP contribution in [0.5, 0.6) is 0 Å². The average Bonchev–Trinajstić information content (AvgIpc) is 2.48. The van der Waals surface area contributed by atoms with Gasteiger partial charge >= 0.3 is 0 Å². The smallest absolute Gasteiger partial charge is 0.259 e. The second-order valence-corrected chi connectivity index (χ2v) is 6.61. The van der Waals surface area contributed by atoms with Crippen molar-refractivity contribution in [3.63, 3.8) is 0 Å². The number of benzene rings is 2. The van der Waals surface area contributed by atoms with Gasteiger partial charge in [-0.25, -0.2) is 0 Å². The number of hydrogen-bond acceptors (Lipinski definition) is 2. The zero-order valence-corrected chi connectivity index (χ0v) is 15.1. The number of anilines is 1. The largest absolute Gasteiger partial charge is 0.389 e. The number of nitrogens with two attached hydrogens (primary N) is 1. The monoisotopic (exact) mass is 426 g/mol. The lowest BCUT2D eigenvalue weighted by Crippen LogP contribution is -2.26. The minimum absolute atomic E-state index is 0.105. The Hall–Kier alpha value is -1.24. The zero-order chi connectivity index (χ0) is 15.6. The van der Waals surface area contributed by atoms with Crippen LogP contribution in [0, 0.1) is 0 Å². The highest BCUT2D eigenvalue weighted by Gasteiger charge is 2.16. The summed E-state index contributed by atoms with van der Waals surface area (Å²) in [7, 11) is 1.73. The summed E-state index contributed by atoms with van der Waals surface area (Å²) < 4.78 is 1.61. The Kier molecular flexibility index (Phi) is 5.13. The van der Waals surface area contributed by atoms with Gasteiger partial charge in [0.05, 0.1) is 5.56 Å². The zero-order valence-electron chi connectivity index (χ0n) is 11.1. The number of nitrogens with zero attached hydrogens (tertiary/aromatic N) is 1. The first kappa shape index (κ1) is 16.1. The molecule has 0 aliphatic heterocycles.